The van der Waals surface area contributed by atoms with Crippen LogP contribution in [0.3, 0.4) is 0 Å². The second-order valence-electron chi connectivity index (χ2n) is 6.14. The number of ketones is 1. The molecule has 0 unspecified atom stereocenters. The number of hydrogen-bond donors (Lipinski definition) is 0. The van der Waals surface area contributed by atoms with Gasteiger partial charge in [0.2, 0.25) is 5.91 Å². The summed E-state index contributed by atoms with van der Waals surface area (Å²) in [6.45, 7) is 3.71. The number of para-hydroxylation sites is 1. The number of amides is 1. The lowest BCUT2D eigenvalue weighted by Crippen LogP contribution is -2.46. The van der Waals surface area contributed by atoms with Gasteiger partial charge in [-0.2, -0.15) is 0 Å². The zero-order chi connectivity index (χ0) is 15.0. The van der Waals surface area contributed by atoms with Crippen LogP contribution in [-0.2, 0) is 9.59 Å². The summed E-state index contributed by atoms with van der Waals surface area (Å²) < 4.78 is 0. The van der Waals surface area contributed by atoms with E-state index >= 15 is 0 Å². The Morgan fingerprint density at radius 3 is 2.76 bits per heavy atom. The van der Waals surface area contributed by atoms with Gasteiger partial charge in [-0.15, -0.1) is 0 Å². The molecule has 1 amide bonds. The second-order valence-corrected chi connectivity index (χ2v) is 6.14. The summed E-state index contributed by atoms with van der Waals surface area (Å²) in [5.74, 6) is 0.632. The van der Waals surface area contributed by atoms with Gasteiger partial charge in [-0.1, -0.05) is 24.3 Å². The third-order valence-corrected chi connectivity index (χ3v) is 4.65. The molecule has 3 nitrogen and oxygen atoms in total. The van der Waals surface area contributed by atoms with E-state index in [4.69, 9.17) is 0 Å². The molecule has 2 atom stereocenters. The Bertz CT molecular complexity index is 617. The maximum Gasteiger partial charge on any atom is 0.224 e. The van der Waals surface area contributed by atoms with Crippen molar-refractivity contribution in [2.75, 3.05) is 4.90 Å². The number of hydrogen-bond acceptors (Lipinski definition) is 2. The molecule has 0 saturated heterocycles. The summed E-state index contributed by atoms with van der Waals surface area (Å²) in [5.41, 5.74) is 3.30. The highest BCUT2D eigenvalue weighted by atomic mass is 16.2. The zero-order valence-corrected chi connectivity index (χ0v) is 12.6. The molecule has 2 aliphatic rings. The number of anilines is 1. The summed E-state index contributed by atoms with van der Waals surface area (Å²) in [6.07, 6.45) is 5.43. The summed E-state index contributed by atoms with van der Waals surface area (Å²) in [4.78, 5) is 25.9. The molecule has 1 fully saturated rings. The van der Waals surface area contributed by atoms with E-state index in [2.05, 4.69) is 19.1 Å². The fourth-order valence-corrected chi connectivity index (χ4v) is 3.67. The first-order chi connectivity index (χ1) is 10.1. The number of benzene rings is 1. The van der Waals surface area contributed by atoms with Crippen LogP contribution in [0.4, 0.5) is 5.69 Å². The molecular formula is C18H21NO2. The van der Waals surface area contributed by atoms with E-state index in [-0.39, 0.29) is 17.9 Å². The lowest BCUT2D eigenvalue weighted by molar-refractivity contribution is -0.122. The molecule has 1 heterocycles. The third-order valence-electron chi connectivity index (χ3n) is 4.65. The molecule has 3 rings (SSSR count). The molecule has 0 spiro atoms. The lowest BCUT2D eigenvalue weighted by atomic mass is 9.79. The van der Waals surface area contributed by atoms with Gasteiger partial charge in [0.15, 0.2) is 0 Å². The normalized spacial score (nSPS) is 25.3. The molecule has 0 bridgehead atoms. The highest BCUT2D eigenvalue weighted by Gasteiger charge is 2.35. The molecule has 1 aromatic carbocycles. The van der Waals surface area contributed by atoms with Gasteiger partial charge in [-0.25, -0.2) is 0 Å². The topological polar surface area (TPSA) is 37.4 Å². The van der Waals surface area contributed by atoms with E-state index in [9.17, 15) is 9.59 Å². The molecule has 1 aromatic rings. The molecule has 0 N–H and O–H groups in total. The summed E-state index contributed by atoms with van der Waals surface area (Å²) >= 11 is 0. The van der Waals surface area contributed by atoms with Gasteiger partial charge in [0.25, 0.3) is 0 Å². The minimum absolute atomic E-state index is 0.0154. The second kappa shape index (κ2) is 5.47. The largest absolute Gasteiger partial charge is 0.305 e. The number of Topliss-reactive ketones (excluding diaryl/α,β-unsaturated/α-hetero) is 1. The van der Waals surface area contributed by atoms with Crippen molar-refractivity contribution in [1.82, 2.24) is 0 Å². The van der Waals surface area contributed by atoms with Crippen LogP contribution in [0.5, 0.6) is 0 Å². The maximum absolute atomic E-state index is 12.2. The molecule has 1 aliphatic carbocycles. The van der Waals surface area contributed by atoms with Crippen LogP contribution in [-0.4, -0.2) is 17.7 Å². The molecular weight excluding hydrogens is 262 g/mol. The average Bonchev–Trinajstić information content (AvgIpc) is 2.46. The number of carbonyl (C=O) groups is 2. The summed E-state index contributed by atoms with van der Waals surface area (Å²) in [7, 11) is 0. The minimum atomic E-state index is 0.0154. The van der Waals surface area contributed by atoms with Crippen LogP contribution in [0.2, 0.25) is 0 Å². The van der Waals surface area contributed by atoms with Crippen LogP contribution >= 0.6 is 0 Å². The van der Waals surface area contributed by atoms with E-state index in [1.165, 1.54) is 5.57 Å². The Hall–Kier alpha value is -1.90. The molecule has 0 aromatic heterocycles. The van der Waals surface area contributed by atoms with Crippen LogP contribution < -0.4 is 4.90 Å². The molecule has 1 saturated carbocycles. The van der Waals surface area contributed by atoms with Crippen LogP contribution in [0, 0.1) is 5.92 Å². The minimum Gasteiger partial charge on any atom is -0.305 e. The van der Waals surface area contributed by atoms with Gasteiger partial charge in [-0.3, -0.25) is 9.59 Å². The first-order valence-corrected chi connectivity index (χ1v) is 7.67. The zero-order valence-electron chi connectivity index (χ0n) is 12.6. The predicted octanol–water partition coefficient (Wildman–Crippen LogP) is 3.58. The Kier molecular flexibility index (Phi) is 3.66. The smallest absolute Gasteiger partial charge is 0.224 e. The average molecular weight is 283 g/mol. The monoisotopic (exact) mass is 283 g/mol. The van der Waals surface area contributed by atoms with Crippen molar-refractivity contribution >= 4 is 23.0 Å². The summed E-state index contributed by atoms with van der Waals surface area (Å²) in [6, 6.07) is 8.04. The van der Waals surface area contributed by atoms with Crippen molar-refractivity contribution in [3.63, 3.8) is 0 Å². The molecule has 3 heteroatoms. The first kappa shape index (κ1) is 14.1. The van der Waals surface area contributed by atoms with Gasteiger partial charge >= 0.3 is 0 Å². The van der Waals surface area contributed by atoms with E-state index in [0.29, 0.717) is 18.6 Å². The van der Waals surface area contributed by atoms with Gasteiger partial charge in [0.05, 0.1) is 11.7 Å². The van der Waals surface area contributed by atoms with E-state index in [0.717, 1.165) is 24.1 Å². The van der Waals surface area contributed by atoms with Gasteiger partial charge in [0, 0.05) is 25.3 Å². The maximum atomic E-state index is 12.2. The van der Waals surface area contributed by atoms with E-state index < -0.39 is 0 Å². The van der Waals surface area contributed by atoms with Crippen molar-refractivity contribution in [3.05, 3.63) is 35.9 Å². The van der Waals surface area contributed by atoms with Crippen molar-refractivity contribution < 1.29 is 9.59 Å². The first-order valence-electron chi connectivity index (χ1n) is 7.67. The molecule has 110 valence electrons. The number of nitrogens with zero attached hydrogens (tertiary/aromatic N) is 1. The number of fused-ring (bicyclic) bond motifs is 1. The van der Waals surface area contributed by atoms with Crippen molar-refractivity contribution in [1.29, 1.82) is 0 Å². The van der Waals surface area contributed by atoms with Crippen molar-refractivity contribution in [3.8, 4) is 0 Å². The van der Waals surface area contributed by atoms with Gasteiger partial charge < -0.3 is 4.90 Å². The Labute approximate surface area is 125 Å². The predicted molar refractivity (Wildman–Crippen MR) is 84.0 cm³/mol. The van der Waals surface area contributed by atoms with Crippen LogP contribution in [0.25, 0.3) is 5.57 Å². The Morgan fingerprint density at radius 2 is 2.05 bits per heavy atom. The SMILES string of the molecule is CC(=O)N1c2ccccc2C(C)=C[C@H]1[C@@H]1CCCC(=O)C1. The van der Waals surface area contributed by atoms with E-state index in [1.807, 2.05) is 23.1 Å². The molecule has 0 radical (unpaired) electrons. The van der Waals surface area contributed by atoms with Gasteiger partial charge in [0.1, 0.15) is 5.78 Å². The summed E-state index contributed by atoms with van der Waals surface area (Å²) in [5, 5.41) is 0. The third kappa shape index (κ3) is 2.53. The quantitative estimate of drug-likeness (QED) is 0.790. The van der Waals surface area contributed by atoms with Crippen LogP contribution in [0.15, 0.2) is 30.3 Å². The lowest BCUT2D eigenvalue weighted by Gasteiger charge is -2.40. The Balaban J connectivity index is 2.02. The molecule has 21 heavy (non-hydrogen) atoms. The number of carbonyl (C=O) groups excluding carboxylic acids is 2. The highest BCUT2D eigenvalue weighted by Crippen LogP contribution is 2.39. The Morgan fingerprint density at radius 1 is 1.29 bits per heavy atom. The fraction of sp³-hybridized carbons (Fsp3) is 0.444. The molecule has 1 aliphatic heterocycles. The number of allylic oxidation sites excluding steroid dienone is 1. The van der Waals surface area contributed by atoms with E-state index in [1.54, 1.807) is 6.92 Å². The fourth-order valence-electron chi connectivity index (χ4n) is 3.67. The van der Waals surface area contributed by atoms with Gasteiger partial charge in [-0.05, 0) is 37.3 Å². The van der Waals surface area contributed by atoms with Crippen molar-refractivity contribution in [2.45, 2.75) is 45.6 Å². The van der Waals surface area contributed by atoms with Crippen molar-refractivity contribution in [2.24, 2.45) is 5.92 Å². The number of rotatable bonds is 1. The van der Waals surface area contributed by atoms with Crippen LogP contribution in [0.1, 0.15) is 45.1 Å². The standard InChI is InChI=1S/C18H21NO2/c1-12-10-18(14-6-5-7-15(21)11-14)19(13(2)20)17-9-4-3-8-16(12)17/h3-4,8-10,14,18H,5-7,11H2,1-2H3/t14-,18+/m1/s1. The highest BCUT2D eigenvalue weighted by molar-refractivity contribution is 5.98.